The monoisotopic (exact) mass is 1060 g/mol. The Morgan fingerprint density at radius 1 is 0.590 bits per heavy atom. The van der Waals surface area contributed by atoms with Crippen LogP contribution in [0.2, 0.25) is 19.6 Å². The number of H-pyrrole nitrogens is 1. The van der Waals surface area contributed by atoms with Crippen molar-refractivity contribution in [1.82, 2.24) is 41.1 Å². The fraction of sp³-hybridized carbons (Fsp3) is 0.344. The van der Waals surface area contributed by atoms with Gasteiger partial charge in [-0.05, 0) is 102 Å². The Labute approximate surface area is 459 Å². The van der Waals surface area contributed by atoms with E-state index in [1.54, 1.807) is 0 Å². The van der Waals surface area contributed by atoms with E-state index in [1.165, 1.54) is 0 Å². The highest BCUT2D eigenvalue weighted by Crippen LogP contribution is 2.43. The molecule has 2 amide bonds. The first-order valence-electron chi connectivity index (χ1n) is 27.1. The molecule has 5 heterocycles. The number of aromatic amines is 1. The minimum Gasteiger partial charge on any atom is -0.339 e. The van der Waals surface area contributed by atoms with Crippen LogP contribution in [0.1, 0.15) is 66.6 Å². The van der Waals surface area contributed by atoms with Gasteiger partial charge in [0.1, 0.15) is 24.7 Å². The van der Waals surface area contributed by atoms with E-state index in [9.17, 15) is 14.9 Å². The van der Waals surface area contributed by atoms with Gasteiger partial charge in [-0.1, -0.05) is 183 Å². The number of carbonyl (C=O) groups excluding carboxylic acids is 2. The number of aromatic nitrogens is 4. The van der Waals surface area contributed by atoms with Crippen molar-refractivity contribution in [1.29, 1.82) is 5.26 Å². The second-order valence-electron chi connectivity index (χ2n) is 21.6. The number of carbonyl (C=O) groups is 2. The number of tetrazole rings is 1. The Bertz CT molecular complexity index is 3020. The van der Waals surface area contributed by atoms with Crippen molar-refractivity contribution in [2.45, 2.75) is 80.1 Å². The highest BCUT2D eigenvalue weighted by Gasteiger charge is 2.52. The third-order valence-electron chi connectivity index (χ3n) is 16.1. The molecule has 11 rings (SSSR count). The zero-order valence-electron chi connectivity index (χ0n) is 45.0. The molecule has 4 aliphatic heterocycles. The molecular formula is C61H70N14O2Si. The molecular weight excluding hydrogens is 989 g/mol. The first-order chi connectivity index (χ1) is 38.0. The Kier molecular flexibility index (Phi) is 17.1. The average molecular weight is 1060 g/mol. The van der Waals surface area contributed by atoms with Crippen LogP contribution in [0, 0.1) is 11.3 Å². The minimum absolute atomic E-state index is 0.135. The number of rotatable bonds is 14. The molecule has 1 aromatic heterocycles. The highest BCUT2D eigenvalue weighted by atomic mass is 28.3. The fourth-order valence-electron chi connectivity index (χ4n) is 11.8. The number of benzene rings is 6. The van der Waals surface area contributed by atoms with E-state index in [0.29, 0.717) is 25.6 Å². The summed E-state index contributed by atoms with van der Waals surface area (Å²) in [7, 11) is -1.45. The first-order valence-corrected chi connectivity index (χ1v) is 30.5. The Morgan fingerprint density at radius 2 is 0.962 bits per heavy atom. The molecule has 6 aromatic carbocycles. The number of nitrogens with one attached hydrogen (secondary N) is 3. The third kappa shape index (κ3) is 11.6. The summed E-state index contributed by atoms with van der Waals surface area (Å²) in [6, 6.07) is 64.3. The number of para-hydroxylation sites is 2. The van der Waals surface area contributed by atoms with Crippen LogP contribution < -0.4 is 20.4 Å². The third-order valence-corrected chi connectivity index (χ3v) is 16.8. The zero-order valence-corrected chi connectivity index (χ0v) is 46.0. The maximum absolute atomic E-state index is 13.1. The number of hydrogen-bond acceptors (Lipinski definition) is 11. The van der Waals surface area contributed by atoms with E-state index in [-0.39, 0.29) is 11.8 Å². The van der Waals surface area contributed by atoms with Crippen molar-refractivity contribution >= 4 is 31.4 Å². The molecule has 4 saturated heterocycles. The maximum Gasteiger partial charge on any atom is 0.247 e. The molecule has 0 bridgehead atoms. The highest BCUT2D eigenvalue weighted by molar-refractivity contribution is 6.74. The summed E-state index contributed by atoms with van der Waals surface area (Å²) in [6.07, 6.45) is 4.65. The molecule has 0 aliphatic carbocycles. The quantitative estimate of drug-likeness (QED) is 0.0408. The average Bonchev–Trinajstić information content (AvgIpc) is 4.22. The second-order valence-corrected chi connectivity index (χ2v) is 26.1. The lowest BCUT2D eigenvalue weighted by Crippen LogP contribution is -2.56. The molecule has 78 heavy (non-hydrogen) atoms. The number of hydrogen-bond donors (Lipinski definition) is 3. The van der Waals surface area contributed by atoms with Gasteiger partial charge in [-0.2, -0.15) is 10.5 Å². The van der Waals surface area contributed by atoms with Gasteiger partial charge in [-0.25, -0.2) is 0 Å². The van der Waals surface area contributed by atoms with Gasteiger partial charge in [0.25, 0.3) is 0 Å². The summed E-state index contributed by atoms with van der Waals surface area (Å²) in [6.45, 7) is 12.1. The van der Waals surface area contributed by atoms with Crippen molar-refractivity contribution in [3.05, 3.63) is 221 Å². The van der Waals surface area contributed by atoms with Gasteiger partial charge >= 0.3 is 0 Å². The van der Waals surface area contributed by atoms with Gasteiger partial charge < -0.3 is 30.2 Å². The van der Waals surface area contributed by atoms with Crippen LogP contribution in [0.3, 0.4) is 0 Å². The Morgan fingerprint density at radius 3 is 1.29 bits per heavy atom. The van der Waals surface area contributed by atoms with Crippen molar-refractivity contribution in [2.75, 3.05) is 62.4 Å². The van der Waals surface area contributed by atoms with Crippen LogP contribution in [0.15, 0.2) is 187 Å². The maximum atomic E-state index is 13.1. The summed E-state index contributed by atoms with van der Waals surface area (Å²) >= 11 is 0. The summed E-state index contributed by atoms with van der Waals surface area (Å²) in [5.74, 6) is 0.950. The summed E-state index contributed by atoms with van der Waals surface area (Å²) < 4.78 is 3.58. The van der Waals surface area contributed by atoms with E-state index in [0.717, 1.165) is 105 Å². The van der Waals surface area contributed by atoms with Gasteiger partial charge in [0.2, 0.25) is 11.8 Å². The van der Waals surface area contributed by atoms with E-state index in [1.807, 2.05) is 105 Å². The van der Waals surface area contributed by atoms with E-state index in [2.05, 4.69) is 164 Å². The normalized spacial score (nSPS) is 17.2. The molecule has 16 nitrogen and oxygen atoms in total. The van der Waals surface area contributed by atoms with Crippen molar-refractivity contribution in [3.8, 4) is 6.07 Å². The molecule has 0 radical (unpaired) electrons. The van der Waals surface area contributed by atoms with Gasteiger partial charge in [-0.3, -0.25) is 9.59 Å². The van der Waals surface area contributed by atoms with E-state index in [4.69, 9.17) is 5.53 Å². The number of nitriles is 1. The van der Waals surface area contributed by atoms with Crippen LogP contribution in [0.5, 0.6) is 0 Å². The summed E-state index contributed by atoms with van der Waals surface area (Å²) in [5, 5.41) is 32.2. The smallest absolute Gasteiger partial charge is 0.247 e. The molecule has 0 unspecified atom stereocenters. The van der Waals surface area contributed by atoms with Crippen LogP contribution in [-0.4, -0.2) is 114 Å². The molecule has 2 spiro atoms. The van der Waals surface area contributed by atoms with Crippen molar-refractivity contribution < 1.29 is 9.59 Å². The van der Waals surface area contributed by atoms with Gasteiger partial charge in [0, 0.05) is 44.1 Å². The lowest BCUT2D eigenvalue weighted by molar-refractivity contribution is -0.125. The number of anilines is 2. The SMILES string of the molecule is C[Si](C)(C)N=[N+]=[N-].N#CC(CCN1CCC2(CC1)C(=O)NCN2c1ccccc1)(c1ccccc1)c1ccccc1.O=C1NCN(c2ccccc2)C12CCN(CCC(c1ccccc1)(c1ccccc1)c1nn[nH]n1)CC2. The van der Waals surface area contributed by atoms with E-state index < -0.39 is 30.1 Å². The fourth-order valence-corrected chi connectivity index (χ4v) is 12.1. The minimum atomic E-state index is -1.45. The lowest BCUT2D eigenvalue weighted by Gasteiger charge is -2.44. The van der Waals surface area contributed by atoms with Crippen LogP contribution in [0.4, 0.5) is 11.4 Å². The Balaban J connectivity index is 0.000000170. The summed E-state index contributed by atoms with van der Waals surface area (Å²) in [5.41, 5.74) is 12.2. The molecule has 3 N–H and O–H groups in total. The predicted octanol–water partition coefficient (Wildman–Crippen LogP) is 9.80. The van der Waals surface area contributed by atoms with Crippen LogP contribution >= 0.6 is 0 Å². The van der Waals surface area contributed by atoms with Gasteiger partial charge in [-0.15, -0.1) is 15.0 Å². The molecule has 4 fully saturated rings. The summed E-state index contributed by atoms with van der Waals surface area (Å²) in [4.78, 5) is 38.1. The van der Waals surface area contributed by atoms with E-state index >= 15 is 0 Å². The van der Waals surface area contributed by atoms with Crippen molar-refractivity contribution in [2.24, 2.45) is 4.78 Å². The number of piperidine rings is 2. The predicted molar refractivity (Wildman–Crippen MR) is 309 cm³/mol. The van der Waals surface area contributed by atoms with Gasteiger partial charge in [0.15, 0.2) is 5.82 Å². The number of likely N-dealkylation sites (tertiary alicyclic amines) is 2. The molecule has 4 aliphatic rings. The largest absolute Gasteiger partial charge is 0.339 e. The first kappa shape index (κ1) is 54.6. The zero-order chi connectivity index (χ0) is 54.5. The number of azide groups is 1. The molecule has 400 valence electrons. The van der Waals surface area contributed by atoms with Gasteiger partial charge in [0.05, 0.1) is 24.8 Å². The lowest BCUT2D eigenvalue weighted by atomic mass is 9.71. The van der Waals surface area contributed by atoms with Crippen LogP contribution in [0.25, 0.3) is 10.4 Å². The Hall–Kier alpha value is -8.13. The van der Waals surface area contributed by atoms with Crippen LogP contribution in [-0.2, 0) is 20.4 Å². The van der Waals surface area contributed by atoms with Crippen molar-refractivity contribution in [3.63, 3.8) is 0 Å². The second kappa shape index (κ2) is 24.5. The molecule has 7 aromatic rings. The molecule has 17 heteroatoms. The standard InChI is InChI=1S/C29H31N7O.C29H30N4O.C3H9N3Si/c37-27-28(36(22-30-27)25-14-8-3-9-15-25)16-19-35(20-17-28)21-18-29(26-31-33-34-32-26,23-10-4-1-5-11-23)24-12-6-2-7-13-24;30-22-28(24-10-4-1-5-11-24,25-12-6-2-7-13-25)16-19-32-20-17-29(18-21-32)27(34)31-23-33(29)26-14-8-3-9-15-26;1-7(2,3)6-5-4/h1-15H,16-22H2,(H,30,37)(H,31,32,33,34);1-15H,16-21,23H2,(H,31,34);1-3H3. The molecule has 0 atom stereocenters. The molecule has 0 saturated carbocycles. The number of nitrogens with zero attached hydrogens (tertiary/aromatic N) is 11. The topological polar surface area (TPSA) is 198 Å². The number of amides is 2.